The molecular formula is C29H47N2O+. The summed E-state index contributed by atoms with van der Waals surface area (Å²) in [6.45, 7) is 6.15. The molecule has 0 saturated carbocycles. The highest BCUT2D eigenvalue weighted by atomic mass is 16.1. The molecule has 0 aromatic heterocycles. The monoisotopic (exact) mass is 439 g/mol. The van der Waals surface area contributed by atoms with Crippen LogP contribution in [0.4, 0.5) is 5.69 Å². The van der Waals surface area contributed by atoms with Crippen molar-refractivity contribution >= 4 is 22.4 Å². The standard InChI is InChI=1S/C29H46N2O/c1-4-6-7-8-9-10-11-12-13-14-15-23-29(32)30-25-31(3,24-5-2)28-22-18-20-26-19-16-17-21-27(26)28/h16-22H,4-15,23-25H2,1-3H3/p+1. The summed E-state index contributed by atoms with van der Waals surface area (Å²) in [6, 6.07) is 15.1. The van der Waals surface area contributed by atoms with Crippen molar-refractivity contribution in [1.29, 1.82) is 0 Å². The summed E-state index contributed by atoms with van der Waals surface area (Å²) < 4.78 is 0.738. The van der Waals surface area contributed by atoms with Gasteiger partial charge in [-0.25, -0.2) is 0 Å². The smallest absolute Gasteiger partial charge is 0.224 e. The Morgan fingerprint density at radius 2 is 1.34 bits per heavy atom. The second kappa shape index (κ2) is 15.1. The van der Waals surface area contributed by atoms with Gasteiger partial charge >= 0.3 is 0 Å². The number of rotatable bonds is 17. The number of fused-ring (bicyclic) bond motifs is 1. The molecule has 1 amide bonds. The Morgan fingerprint density at radius 1 is 0.750 bits per heavy atom. The van der Waals surface area contributed by atoms with Crippen molar-refractivity contribution in [2.45, 2.75) is 97.3 Å². The first-order chi connectivity index (χ1) is 15.6. The molecule has 1 N–H and O–H groups in total. The summed E-state index contributed by atoms with van der Waals surface area (Å²) >= 11 is 0. The summed E-state index contributed by atoms with van der Waals surface area (Å²) in [7, 11) is 2.24. The summed E-state index contributed by atoms with van der Waals surface area (Å²) in [6.07, 6.45) is 16.2. The molecule has 178 valence electrons. The van der Waals surface area contributed by atoms with E-state index in [1.165, 1.54) is 80.7 Å². The summed E-state index contributed by atoms with van der Waals surface area (Å²) in [4.78, 5) is 12.5. The number of benzene rings is 2. The first-order valence-electron chi connectivity index (χ1n) is 13.2. The number of amides is 1. The van der Waals surface area contributed by atoms with E-state index in [1.807, 2.05) is 0 Å². The highest BCUT2D eigenvalue weighted by Crippen LogP contribution is 2.30. The molecular weight excluding hydrogens is 392 g/mol. The van der Waals surface area contributed by atoms with Gasteiger partial charge < -0.3 is 5.32 Å². The van der Waals surface area contributed by atoms with E-state index in [9.17, 15) is 4.79 Å². The average molecular weight is 440 g/mol. The molecule has 0 aliphatic heterocycles. The van der Waals surface area contributed by atoms with Crippen LogP contribution in [0.5, 0.6) is 0 Å². The third-order valence-corrected chi connectivity index (χ3v) is 6.70. The first kappa shape index (κ1) is 26.4. The zero-order valence-electron chi connectivity index (χ0n) is 21.0. The van der Waals surface area contributed by atoms with Crippen LogP contribution >= 0.6 is 0 Å². The number of hydrogen-bond acceptors (Lipinski definition) is 1. The molecule has 2 rings (SSSR count). The molecule has 2 aromatic carbocycles. The van der Waals surface area contributed by atoms with Gasteiger partial charge in [0.25, 0.3) is 0 Å². The van der Waals surface area contributed by atoms with Crippen molar-refractivity contribution in [1.82, 2.24) is 9.80 Å². The number of nitrogens with one attached hydrogen (secondary N) is 1. The number of nitrogens with zero attached hydrogens (tertiary/aromatic N) is 1. The van der Waals surface area contributed by atoms with Crippen LogP contribution in [0.2, 0.25) is 0 Å². The minimum absolute atomic E-state index is 0.196. The number of quaternary nitrogens is 1. The Labute approximate surface area is 197 Å². The fraction of sp³-hybridized carbons (Fsp3) is 0.621. The average Bonchev–Trinajstić information content (AvgIpc) is 2.81. The predicted octanol–water partition coefficient (Wildman–Crippen LogP) is 7.96. The second-order valence-corrected chi connectivity index (χ2v) is 9.66. The lowest BCUT2D eigenvalue weighted by Gasteiger charge is -2.34. The molecule has 32 heavy (non-hydrogen) atoms. The third-order valence-electron chi connectivity index (χ3n) is 6.70. The molecule has 3 nitrogen and oxygen atoms in total. The molecule has 0 bridgehead atoms. The molecule has 0 aliphatic rings. The Hall–Kier alpha value is -1.87. The van der Waals surface area contributed by atoms with E-state index in [-0.39, 0.29) is 5.91 Å². The number of carbonyl (C=O) groups is 1. The molecule has 1 atom stereocenters. The SMILES string of the molecule is CCCCCCCCCCCCCC(=O)NC[N+](C)(CCC)c1cccc2ccccc12. The number of carbonyl (C=O) groups excluding carboxylic acids is 1. The van der Waals surface area contributed by atoms with Gasteiger partial charge in [0.1, 0.15) is 5.69 Å². The first-order valence-corrected chi connectivity index (χ1v) is 13.2. The van der Waals surface area contributed by atoms with Gasteiger partial charge in [0.15, 0.2) is 6.67 Å². The van der Waals surface area contributed by atoms with E-state index in [0.29, 0.717) is 13.1 Å². The van der Waals surface area contributed by atoms with Crippen molar-refractivity contribution in [2.75, 3.05) is 20.3 Å². The number of unbranched alkanes of at least 4 members (excludes halogenated alkanes) is 10. The molecule has 1 unspecified atom stereocenters. The van der Waals surface area contributed by atoms with Crippen molar-refractivity contribution in [3.63, 3.8) is 0 Å². The lowest BCUT2D eigenvalue weighted by atomic mass is 10.1. The normalized spacial score (nSPS) is 13.2. The van der Waals surface area contributed by atoms with Crippen LogP contribution in [0.15, 0.2) is 42.5 Å². The third kappa shape index (κ3) is 8.94. The Kier molecular flexibility index (Phi) is 12.4. The molecule has 2 aromatic rings. The fourth-order valence-corrected chi connectivity index (χ4v) is 4.76. The van der Waals surface area contributed by atoms with E-state index in [1.54, 1.807) is 0 Å². The van der Waals surface area contributed by atoms with Crippen molar-refractivity contribution in [3.8, 4) is 0 Å². The largest absolute Gasteiger partial charge is 0.309 e. The van der Waals surface area contributed by atoms with Crippen LogP contribution in [0.1, 0.15) is 97.3 Å². The molecule has 0 spiro atoms. The molecule has 0 saturated heterocycles. The van der Waals surface area contributed by atoms with Gasteiger partial charge in [-0.1, -0.05) is 108 Å². The lowest BCUT2D eigenvalue weighted by molar-refractivity contribution is -0.121. The highest BCUT2D eigenvalue weighted by molar-refractivity contribution is 5.93. The van der Waals surface area contributed by atoms with Crippen LogP contribution in [0.3, 0.4) is 0 Å². The highest BCUT2D eigenvalue weighted by Gasteiger charge is 2.26. The molecule has 0 heterocycles. The predicted molar refractivity (Wildman–Crippen MR) is 141 cm³/mol. The topological polar surface area (TPSA) is 29.1 Å². The maximum Gasteiger partial charge on any atom is 0.224 e. The van der Waals surface area contributed by atoms with Crippen LogP contribution in [0.25, 0.3) is 10.8 Å². The fourth-order valence-electron chi connectivity index (χ4n) is 4.76. The minimum atomic E-state index is 0.196. The second-order valence-electron chi connectivity index (χ2n) is 9.66. The van der Waals surface area contributed by atoms with Crippen molar-refractivity contribution in [3.05, 3.63) is 42.5 Å². The number of hydrogen-bond donors (Lipinski definition) is 1. The van der Waals surface area contributed by atoms with Gasteiger partial charge in [-0.15, -0.1) is 0 Å². The van der Waals surface area contributed by atoms with Gasteiger partial charge in [-0.3, -0.25) is 9.28 Å². The zero-order valence-corrected chi connectivity index (χ0v) is 21.0. The van der Waals surface area contributed by atoms with E-state index < -0.39 is 0 Å². The summed E-state index contributed by atoms with van der Waals surface area (Å²) in [5.41, 5.74) is 1.29. The van der Waals surface area contributed by atoms with Gasteiger partial charge in [0, 0.05) is 11.8 Å². The van der Waals surface area contributed by atoms with Crippen molar-refractivity contribution in [2.24, 2.45) is 0 Å². The minimum Gasteiger partial charge on any atom is -0.309 e. The summed E-state index contributed by atoms with van der Waals surface area (Å²) in [5.74, 6) is 0.196. The van der Waals surface area contributed by atoms with Crippen LogP contribution in [-0.4, -0.2) is 26.2 Å². The molecule has 0 fully saturated rings. The maximum absolute atomic E-state index is 12.5. The van der Waals surface area contributed by atoms with E-state index in [0.717, 1.165) is 23.9 Å². The van der Waals surface area contributed by atoms with Gasteiger partial charge in [-0.2, -0.15) is 0 Å². The Balaban J connectivity index is 1.70. The maximum atomic E-state index is 12.5. The molecule has 3 heteroatoms. The van der Waals surface area contributed by atoms with E-state index >= 15 is 0 Å². The molecule has 0 radical (unpaired) electrons. The van der Waals surface area contributed by atoms with E-state index in [4.69, 9.17) is 0 Å². The Bertz CT molecular complexity index is 782. The summed E-state index contributed by atoms with van der Waals surface area (Å²) in [5, 5.41) is 5.78. The van der Waals surface area contributed by atoms with E-state index in [2.05, 4.69) is 68.7 Å². The van der Waals surface area contributed by atoms with Gasteiger partial charge in [0.2, 0.25) is 5.91 Å². The van der Waals surface area contributed by atoms with Crippen LogP contribution in [0, 0.1) is 0 Å². The Morgan fingerprint density at radius 3 is 2.00 bits per heavy atom. The quantitative estimate of drug-likeness (QED) is 0.151. The van der Waals surface area contributed by atoms with Gasteiger partial charge in [-0.05, 0) is 30.4 Å². The molecule has 0 aliphatic carbocycles. The lowest BCUT2D eigenvalue weighted by Crippen LogP contribution is -2.53. The van der Waals surface area contributed by atoms with Crippen LogP contribution in [-0.2, 0) is 4.79 Å². The van der Waals surface area contributed by atoms with Crippen molar-refractivity contribution < 1.29 is 4.79 Å². The van der Waals surface area contributed by atoms with Crippen LogP contribution < -0.4 is 9.80 Å². The zero-order chi connectivity index (χ0) is 23.1. The van der Waals surface area contributed by atoms with Gasteiger partial charge in [0.05, 0.1) is 13.6 Å².